The lowest BCUT2D eigenvalue weighted by Gasteiger charge is -2.40. The van der Waals surface area contributed by atoms with E-state index in [2.05, 4.69) is 34.6 Å². The summed E-state index contributed by atoms with van der Waals surface area (Å²) in [5.41, 5.74) is 3.68. The van der Waals surface area contributed by atoms with E-state index in [1.54, 1.807) is 0 Å². The molecule has 0 radical (unpaired) electrons. The predicted octanol–water partition coefficient (Wildman–Crippen LogP) is 4.65. The number of aromatic nitrogens is 1. The van der Waals surface area contributed by atoms with E-state index < -0.39 is 0 Å². The van der Waals surface area contributed by atoms with E-state index in [4.69, 9.17) is 0 Å². The Morgan fingerprint density at radius 2 is 1.71 bits per heavy atom. The van der Waals surface area contributed by atoms with E-state index in [0.717, 1.165) is 36.7 Å². The van der Waals surface area contributed by atoms with Gasteiger partial charge in [-0.2, -0.15) is 0 Å². The minimum atomic E-state index is -0.171. The molecule has 1 saturated heterocycles. The van der Waals surface area contributed by atoms with Crippen molar-refractivity contribution in [3.63, 3.8) is 0 Å². The quantitative estimate of drug-likeness (QED) is 0.384. The highest BCUT2D eigenvalue weighted by molar-refractivity contribution is 5.95. The van der Waals surface area contributed by atoms with Crippen molar-refractivity contribution in [3.8, 4) is 11.5 Å². The summed E-state index contributed by atoms with van der Waals surface area (Å²) >= 11 is 0. The zero-order valence-corrected chi connectivity index (χ0v) is 19.5. The van der Waals surface area contributed by atoms with Gasteiger partial charge in [0, 0.05) is 48.4 Å². The Labute approximate surface area is 204 Å². The number of benzene rings is 3. The molecule has 3 N–H and O–H groups in total. The number of carbonyl (C=O) groups is 1. The Hall–Kier alpha value is -3.90. The molecule has 0 bridgehead atoms. The van der Waals surface area contributed by atoms with Crippen molar-refractivity contribution in [2.24, 2.45) is 0 Å². The third-order valence-corrected chi connectivity index (χ3v) is 6.76. The number of likely N-dealkylation sites (tertiary alicyclic amines) is 1. The molecule has 4 aromatic rings. The largest absolute Gasteiger partial charge is 0.508 e. The molecule has 3 aromatic carbocycles. The van der Waals surface area contributed by atoms with E-state index in [1.165, 1.54) is 29.3 Å². The van der Waals surface area contributed by atoms with Crippen LogP contribution in [-0.4, -0.2) is 44.6 Å². The fourth-order valence-electron chi connectivity index (χ4n) is 5.03. The van der Waals surface area contributed by atoms with Crippen LogP contribution in [0.25, 0.3) is 10.9 Å². The van der Waals surface area contributed by atoms with Crippen molar-refractivity contribution in [1.82, 2.24) is 15.2 Å². The molecule has 5 rings (SSSR count). The number of fused-ring (bicyclic) bond motifs is 1. The fraction of sp³-hybridized carbons (Fsp3) is 0.241. The number of nitrogens with zero attached hydrogens (tertiary/aromatic N) is 2. The van der Waals surface area contributed by atoms with Gasteiger partial charge in [0.05, 0.1) is 5.52 Å². The number of aromatic hydroxyl groups is 2. The Balaban J connectivity index is 1.34. The Kier molecular flexibility index (Phi) is 6.64. The summed E-state index contributed by atoms with van der Waals surface area (Å²) in [7, 11) is 0. The first-order valence-corrected chi connectivity index (χ1v) is 12.0. The third kappa shape index (κ3) is 5.28. The second-order valence-electron chi connectivity index (χ2n) is 9.17. The topological polar surface area (TPSA) is 85.7 Å². The number of piperidine rings is 1. The number of nitrogens with one attached hydrogen (secondary N) is 1. The number of pyridine rings is 1. The van der Waals surface area contributed by atoms with Crippen LogP contribution in [0.3, 0.4) is 0 Å². The SMILES string of the molecule is O=C(c1cc(O)cc(O)c1)N1CCC(NCc2ccnc3ccccc23)CC1Cc1ccccc1. The molecule has 1 aliphatic heterocycles. The molecule has 2 unspecified atom stereocenters. The molecule has 1 aliphatic rings. The number of hydrogen-bond donors (Lipinski definition) is 3. The minimum absolute atomic E-state index is 0.00479. The van der Waals surface area contributed by atoms with Crippen LogP contribution >= 0.6 is 0 Å². The summed E-state index contributed by atoms with van der Waals surface area (Å²) in [6, 6.07) is 24.7. The van der Waals surface area contributed by atoms with Crippen LogP contribution in [0, 0.1) is 0 Å². The van der Waals surface area contributed by atoms with Gasteiger partial charge in [-0.05, 0) is 54.7 Å². The normalized spacial score (nSPS) is 18.0. The maximum Gasteiger partial charge on any atom is 0.254 e. The summed E-state index contributed by atoms with van der Waals surface area (Å²) in [6.07, 6.45) is 4.23. The number of carbonyl (C=O) groups excluding carboxylic acids is 1. The van der Waals surface area contributed by atoms with Crippen molar-refractivity contribution in [2.45, 2.75) is 37.9 Å². The predicted molar refractivity (Wildman–Crippen MR) is 136 cm³/mol. The molecule has 0 spiro atoms. The van der Waals surface area contributed by atoms with E-state index in [1.807, 2.05) is 47.5 Å². The molecular formula is C29H29N3O3. The zero-order valence-electron chi connectivity index (χ0n) is 19.5. The van der Waals surface area contributed by atoms with Crippen molar-refractivity contribution >= 4 is 16.8 Å². The molecular weight excluding hydrogens is 438 g/mol. The minimum Gasteiger partial charge on any atom is -0.508 e. The lowest BCUT2D eigenvalue weighted by molar-refractivity contribution is 0.0575. The molecule has 6 nitrogen and oxygen atoms in total. The van der Waals surface area contributed by atoms with Gasteiger partial charge in [0.25, 0.3) is 5.91 Å². The second kappa shape index (κ2) is 10.2. The summed E-state index contributed by atoms with van der Waals surface area (Å²) in [4.78, 5) is 19.8. The molecule has 35 heavy (non-hydrogen) atoms. The van der Waals surface area contributed by atoms with Gasteiger partial charge >= 0.3 is 0 Å². The number of rotatable bonds is 6. The van der Waals surface area contributed by atoms with Gasteiger partial charge < -0.3 is 20.4 Å². The maximum atomic E-state index is 13.4. The number of amides is 1. The monoisotopic (exact) mass is 467 g/mol. The molecule has 178 valence electrons. The zero-order chi connectivity index (χ0) is 24.2. The van der Waals surface area contributed by atoms with Gasteiger partial charge in [-0.15, -0.1) is 0 Å². The molecule has 1 fully saturated rings. The first-order chi connectivity index (χ1) is 17.1. The van der Waals surface area contributed by atoms with E-state index in [9.17, 15) is 15.0 Å². The van der Waals surface area contributed by atoms with Crippen LogP contribution in [0.1, 0.15) is 34.3 Å². The molecule has 1 amide bonds. The average Bonchev–Trinajstić information content (AvgIpc) is 2.87. The highest BCUT2D eigenvalue weighted by Crippen LogP contribution is 2.27. The first kappa shape index (κ1) is 22.9. The van der Waals surface area contributed by atoms with E-state index in [0.29, 0.717) is 12.1 Å². The van der Waals surface area contributed by atoms with Crippen LogP contribution in [0.15, 0.2) is 85.1 Å². The highest BCUT2D eigenvalue weighted by Gasteiger charge is 2.32. The summed E-state index contributed by atoms with van der Waals surface area (Å²) in [6.45, 7) is 1.33. The van der Waals surface area contributed by atoms with Crippen LogP contribution in [0.4, 0.5) is 0 Å². The van der Waals surface area contributed by atoms with Crippen LogP contribution in [0.5, 0.6) is 11.5 Å². The Bertz CT molecular complexity index is 1300. The lowest BCUT2D eigenvalue weighted by Crippen LogP contribution is -2.51. The van der Waals surface area contributed by atoms with E-state index in [-0.39, 0.29) is 29.5 Å². The molecule has 0 saturated carbocycles. The lowest BCUT2D eigenvalue weighted by atomic mass is 9.91. The number of para-hydroxylation sites is 1. The Morgan fingerprint density at radius 3 is 2.51 bits per heavy atom. The third-order valence-electron chi connectivity index (χ3n) is 6.76. The molecule has 1 aromatic heterocycles. The Morgan fingerprint density at radius 1 is 0.971 bits per heavy atom. The first-order valence-electron chi connectivity index (χ1n) is 12.0. The molecule has 2 heterocycles. The van der Waals surface area contributed by atoms with Gasteiger partial charge in [-0.1, -0.05) is 48.5 Å². The van der Waals surface area contributed by atoms with Crippen molar-refractivity contribution in [1.29, 1.82) is 0 Å². The maximum absolute atomic E-state index is 13.4. The smallest absolute Gasteiger partial charge is 0.254 e. The standard InChI is InChI=1S/C29H29N3O3/c33-25-15-22(16-26(34)18-25)29(35)32-13-11-23(17-24(32)14-20-6-2-1-3-7-20)31-19-21-10-12-30-28-9-5-4-8-27(21)28/h1-10,12,15-16,18,23-24,31,33-34H,11,13-14,17,19H2. The summed E-state index contributed by atoms with van der Waals surface area (Å²) in [5.74, 6) is -0.404. The fourth-order valence-corrected chi connectivity index (χ4v) is 5.03. The number of hydrogen-bond acceptors (Lipinski definition) is 5. The van der Waals surface area contributed by atoms with Gasteiger partial charge in [0.2, 0.25) is 0 Å². The molecule has 0 aliphatic carbocycles. The molecule has 6 heteroatoms. The van der Waals surface area contributed by atoms with Gasteiger partial charge in [-0.25, -0.2) is 0 Å². The number of phenolic OH excluding ortho intramolecular Hbond substituents is 2. The van der Waals surface area contributed by atoms with Crippen LogP contribution in [0.2, 0.25) is 0 Å². The average molecular weight is 468 g/mol. The van der Waals surface area contributed by atoms with Crippen molar-refractivity contribution in [3.05, 3.63) is 102 Å². The summed E-state index contributed by atoms with van der Waals surface area (Å²) < 4.78 is 0. The highest BCUT2D eigenvalue weighted by atomic mass is 16.3. The second-order valence-corrected chi connectivity index (χ2v) is 9.17. The molecule has 2 atom stereocenters. The van der Waals surface area contributed by atoms with Gasteiger partial charge in [0.1, 0.15) is 11.5 Å². The van der Waals surface area contributed by atoms with Crippen LogP contribution in [-0.2, 0) is 13.0 Å². The van der Waals surface area contributed by atoms with Crippen LogP contribution < -0.4 is 5.32 Å². The van der Waals surface area contributed by atoms with Gasteiger partial charge in [-0.3, -0.25) is 9.78 Å². The van der Waals surface area contributed by atoms with Gasteiger partial charge in [0.15, 0.2) is 0 Å². The van der Waals surface area contributed by atoms with Crippen molar-refractivity contribution in [2.75, 3.05) is 6.54 Å². The van der Waals surface area contributed by atoms with E-state index >= 15 is 0 Å². The van der Waals surface area contributed by atoms with Crippen molar-refractivity contribution < 1.29 is 15.0 Å². The summed E-state index contributed by atoms with van der Waals surface area (Å²) in [5, 5.41) is 24.7. The number of phenols is 2.